The van der Waals surface area contributed by atoms with Gasteiger partial charge in [0, 0.05) is 12.7 Å². The highest BCUT2D eigenvalue weighted by Gasteiger charge is 1.88. The largest absolute Gasteiger partial charge is 0.388 e. The molecule has 14 heavy (non-hydrogen) atoms. The molecular weight excluding hydrogens is 196 g/mol. The van der Waals surface area contributed by atoms with Gasteiger partial charge in [-0.2, -0.15) is 5.10 Å². The van der Waals surface area contributed by atoms with Gasteiger partial charge in [0.1, 0.15) is 0 Å². The summed E-state index contributed by atoms with van der Waals surface area (Å²) in [7, 11) is 1.87. The summed E-state index contributed by atoms with van der Waals surface area (Å²) >= 11 is 4.59. The number of anilines is 1. The zero-order valence-electron chi connectivity index (χ0n) is 7.82. The van der Waals surface area contributed by atoms with Crippen LogP contribution in [0.25, 0.3) is 0 Å². The Labute approximate surface area is 88.2 Å². The average Bonchev–Trinajstić information content (AvgIpc) is 2.18. The first-order valence-electron chi connectivity index (χ1n) is 4.08. The Kier molecular flexibility index (Phi) is 3.87. The lowest BCUT2D eigenvalue weighted by molar-refractivity contribution is 1.04. The predicted octanol–water partition coefficient (Wildman–Crippen LogP) is 0.895. The molecule has 0 aliphatic heterocycles. The summed E-state index contributed by atoms with van der Waals surface area (Å²) in [5.41, 5.74) is 9.72. The van der Waals surface area contributed by atoms with Crippen LogP contribution in [0.5, 0.6) is 0 Å². The third-order valence-corrected chi connectivity index (χ3v) is 1.68. The second-order valence-corrected chi connectivity index (χ2v) is 3.05. The average molecular weight is 208 g/mol. The fourth-order valence-electron chi connectivity index (χ4n) is 0.906. The van der Waals surface area contributed by atoms with Crippen molar-refractivity contribution in [3.63, 3.8) is 0 Å². The molecule has 5 heteroatoms. The Balaban J connectivity index is 2.59. The van der Waals surface area contributed by atoms with Crippen molar-refractivity contribution in [3.8, 4) is 0 Å². The minimum absolute atomic E-state index is 0.160. The Morgan fingerprint density at radius 1 is 1.43 bits per heavy atom. The van der Waals surface area contributed by atoms with Crippen molar-refractivity contribution in [2.75, 3.05) is 12.4 Å². The molecule has 1 rings (SSSR count). The van der Waals surface area contributed by atoms with E-state index >= 15 is 0 Å². The van der Waals surface area contributed by atoms with Gasteiger partial charge in [-0.3, -0.25) is 5.43 Å². The molecule has 0 saturated heterocycles. The summed E-state index contributed by atoms with van der Waals surface area (Å²) in [6.07, 6.45) is 1.65. The van der Waals surface area contributed by atoms with Crippen LogP contribution in [0.2, 0.25) is 0 Å². The van der Waals surface area contributed by atoms with Crippen molar-refractivity contribution in [3.05, 3.63) is 29.8 Å². The molecule has 0 aromatic heterocycles. The number of hydrazone groups is 1. The molecule has 1 aromatic rings. The Bertz CT molecular complexity index is 331. The third kappa shape index (κ3) is 3.40. The summed E-state index contributed by atoms with van der Waals surface area (Å²) in [6.45, 7) is 0. The SMILES string of the molecule is CNc1ccc(/C=N/NC(N)=S)cc1. The number of nitrogens with one attached hydrogen (secondary N) is 2. The molecule has 0 aliphatic carbocycles. The molecule has 0 heterocycles. The molecule has 4 N–H and O–H groups in total. The van der Waals surface area contributed by atoms with Crippen LogP contribution in [0, 0.1) is 0 Å². The molecule has 1 aromatic carbocycles. The van der Waals surface area contributed by atoms with Gasteiger partial charge in [-0.15, -0.1) is 0 Å². The van der Waals surface area contributed by atoms with E-state index in [1.165, 1.54) is 0 Å². The van der Waals surface area contributed by atoms with Crippen LogP contribution in [-0.2, 0) is 0 Å². The van der Waals surface area contributed by atoms with Gasteiger partial charge in [0.2, 0.25) is 0 Å². The van der Waals surface area contributed by atoms with E-state index in [0.717, 1.165) is 11.3 Å². The molecule has 0 spiro atoms. The van der Waals surface area contributed by atoms with Gasteiger partial charge in [-0.25, -0.2) is 0 Å². The zero-order valence-corrected chi connectivity index (χ0v) is 8.64. The number of nitrogens with two attached hydrogens (primary N) is 1. The van der Waals surface area contributed by atoms with E-state index in [9.17, 15) is 0 Å². The first-order valence-corrected chi connectivity index (χ1v) is 4.49. The van der Waals surface area contributed by atoms with Crippen LogP contribution in [0.4, 0.5) is 5.69 Å². The molecule has 0 radical (unpaired) electrons. The van der Waals surface area contributed by atoms with Gasteiger partial charge >= 0.3 is 0 Å². The maximum Gasteiger partial charge on any atom is 0.184 e. The lowest BCUT2D eigenvalue weighted by Gasteiger charge is -1.99. The van der Waals surface area contributed by atoms with Crippen molar-refractivity contribution in [2.24, 2.45) is 10.8 Å². The van der Waals surface area contributed by atoms with E-state index in [2.05, 4.69) is 28.1 Å². The fraction of sp³-hybridized carbons (Fsp3) is 0.111. The maximum absolute atomic E-state index is 5.20. The molecule has 0 unspecified atom stereocenters. The quantitative estimate of drug-likeness (QED) is 0.392. The van der Waals surface area contributed by atoms with Crippen molar-refractivity contribution in [1.29, 1.82) is 0 Å². The first-order chi connectivity index (χ1) is 6.72. The zero-order chi connectivity index (χ0) is 10.4. The summed E-state index contributed by atoms with van der Waals surface area (Å²) in [5, 5.41) is 7.02. The van der Waals surface area contributed by atoms with Gasteiger partial charge in [-0.1, -0.05) is 12.1 Å². The van der Waals surface area contributed by atoms with E-state index in [-0.39, 0.29) is 5.11 Å². The van der Waals surface area contributed by atoms with Gasteiger partial charge in [0.05, 0.1) is 6.21 Å². The molecular formula is C9H12N4S. The summed E-state index contributed by atoms with van der Waals surface area (Å²) in [5.74, 6) is 0. The highest BCUT2D eigenvalue weighted by Crippen LogP contribution is 2.06. The minimum atomic E-state index is 0.160. The fourth-order valence-corrected chi connectivity index (χ4v) is 0.959. The standard InChI is InChI=1S/C9H12N4S/c1-11-8-4-2-7(3-5-8)6-12-13-9(10)14/h2-6,11H,1H3,(H3,10,13,14)/b12-6+. The second kappa shape index (κ2) is 5.18. The number of hydrogen-bond acceptors (Lipinski definition) is 3. The van der Waals surface area contributed by atoms with Gasteiger partial charge in [0.15, 0.2) is 5.11 Å². The molecule has 0 atom stereocenters. The van der Waals surface area contributed by atoms with Gasteiger partial charge in [0.25, 0.3) is 0 Å². The molecule has 4 nitrogen and oxygen atoms in total. The van der Waals surface area contributed by atoms with Crippen molar-refractivity contribution < 1.29 is 0 Å². The number of nitrogens with zero attached hydrogens (tertiary/aromatic N) is 1. The Hall–Kier alpha value is -1.62. The topological polar surface area (TPSA) is 62.4 Å². The highest BCUT2D eigenvalue weighted by molar-refractivity contribution is 7.80. The molecule has 74 valence electrons. The second-order valence-electron chi connectivity index (χ2n) is 2.61. The predicted molar refractivity (Wildman–Crippen MR) is 63.5 cm³/mol. The van der Waals surface area contributed by atoms with E-state index in [4.69, 9.17) is 5.73 Å². The smallest absolute Gasteiger partial charge is 0.184 e. The molecule has 0 bridgehead atoms. The normalized spacial score (nSPS) is 10.1. The number of hydrogen-bond donors (Lipinski definition) is 3. The lowest BCUT2D eigenvalue weighted by atomic mass is 10.2. The maximum atomic E-state index is 5.20. The Morgan fingerprint density at radius 2 is 2.07 bits per heavy atom. The molecule has 0 fully saturated rings. The van der Waals surface area contributed by atoms with E-state index in [1.54, 1.807) is 6.21 Å². The van der Waals surface area contributed by atoms with Gasteiger partial charge < -0.3 is 11.1 Å². The Morgan fingerprint density at radius 3 is 2.57 bits per heavy atom. The van der Waals surface area contributed by atoms with E-state index in [1.807, 2.05) is 31.3 Å². The van der Waals surface area contributed by atoms with Crippen LogP contribution >= 0.6 is 12.2 Å². The third-order valence-electron chi connectivity index (χ3n) is 1.59. The highest BCUT2D eigenvalue weighted by atomic mass is 32.1. The van der Waals surface area contributed by atoms with Crippen LogP contribution in [0.15, 0.2) is 29.4 Å². The van der Waals surface area contributed by atoms with Crippen LogP contribution in [0.3, 0.4) is 0 Å². The van der Waals surface area contributed by atoms with E-state index < -0.39 is 0 Å². The number of rotatable bonds is 3. The van der Waals surface area contributed by atoms with Crippen molar-refractivity contribution in [1.82, 2.24) is 5.43 Å². The molecule has 0 saturated carbocycles. The molecule has 0 aliphatic rings. The molecule has 0 amide bonds. The van der Waals surface area contributed by atoms with Gasteiger partial charge in [-0.05, 0) is 29.9 Å². The van der Waals surface area contributed by atoms with Crippen LogP contribution in [-0.4, -0.2) is 18.4 Å². The first kappa shape index (κ1) is 10.5. The van der Waals surface area contributed by atoms with Crippen molar-refractivity contribution >= 4 is 29.2 Å². The van der Waals surface area contributed by atoms with Crippen LogP contribution < -0.4 is 16.5 Å². The number of benzene rings is 1. The van der Waals surface area contributed by atoms with Crippen molar-refractivity contribution in [2.45, 2.75) is 0 Å². The summed E-state index contributed by atoms with van der Waals surface area (Å²) < 4.78 is 0. The van der Waals surface area contributed by atoms with Crippen LogP contribution in [0.1, 0.15) is 5.56 Å². The minimum Gasteiger partial charge on any atom is -0.388 e. The monoisotopic (exact) mass is 208 g/mol. The number of thiocarbonyl (C=S) groups is 1. The summed E-state index contributed by atoms with van der Waals surface area (Å²) in [4.78, 5) is 0. The van der Waals surface area contributed by atoms with E-state index in [0.29, 0.717) is 0 Å². The summed E-state index contributed by atoms with van der Waals surface area (Å²) in [6, 6.07) is 7.80. The lowest BCUT2D eigenvalue weighted by Crippen LogP contribution is -2.23.